The molecule has 0 N–H and O–H groups in total. The summed E-state index contributed by atoms with van der Waals surface area (Å²) in [7, 11) is 0. The van der Waals surface area contributed by atoms with E-state index in [1.54, 1.807) is 0 Å². The monoisotopic (exact) mass is 772 g/mol. The van der Waals surface area contributed by atoms with Crippen LogP contribution in [0.4, 0.5) is 0 Å². The number of fused-ring (bicyclic) bond motifs is 12. The van der Waals surface area contributed by atoms with Gasteiger partial charge in [-0.15, -0.1) is 0 Å². The highest BCUT2D eigenvalue weighted by Crippen LogP contribution is 2.42. The number of benzene rings is 4. The molecule has 59 heavy (non-hydrogen) atoms. The van der Waals surface area contributed by atoms with Crippen molar-refractivity contribution in [2.24, 2.45) is 0 Å². The minimum absolute atomic E-state index is 0.315. The van der Waals surface area contributed by atoms with E-state index in [-0.39, 0.29) is 0 Å². The van der Waals surface area contributed by atoms with E-state index in [9.17, 15) is 0 Å². The molecule has 0 aliphatic heterocycles. The van der Waals surface area contributed by atoms with Crippen molar-refractivity contribution in [3.63, 3.8) is 0 Å². The summed E-state index contributed by atoms with van der Waals surface area (Å²) in [4.78, 5) is 20.1. The van der Waals surface area contributed by atoms with E-state index in [0.717, 1.165) is 77.7 Å². The van der Waals surface area contributed by atoms with Gasteiger partial charge in [0.05, 0.1) is 23.1 Å². The average molecular weight is 773 g/mol. The van der Waals surface area contributed by atoms with E-state index < -0.39 is 0 Å². The van der Waals surface area contributed by atoms with Gasteiger partial charge in [-0.2, -0.15) is 0 Å². The second kappa shape index (κ2) is 14.0. The summed E-state index contributed by atoms with van der Waals surface area (Å²) in [5.41, 5.74) is 13.4. The molecule has 4 aromatic carbocycles. The summed E-state index contributed by atoms with van der Waals surface area (Å²) >= 11 is 0. The topological polar surface area (TPSA) is 69.6 Å². The Balaban J connectivity index is 1.22. The van der Waals surface area contributed by atoms with Gasteiger partial charge in [-0.1, -0.05) is 91.8 Å². The molecule has 0 amide bonds. The molecule has 0 spiro atoms. The van der Waals surface area contributed by atoms with Crippen molar-refractivity contribution >= 4 is 54.8 Å². The average Bonchev–Trinajstić information content (AvgIpc) is 3.92. The SMILES string of the molecule is CC(C)c1cccc(C(C)C)c1-c1ccc2c3ccc(Oc4ccc5c6cnccc6n6ccnc6c5c4)cc3c3ncc(-c4c(C(C)C)cccc4C(C)C)n3c2n1. The van der Waals surface area contributed by atoms with E-state index in [1.165, 1.54) is 33.4 Å². The normalized spacial score (nSPS) is 12.3. The second-order valence-corrected chi connectivity index (χ2v) is 17.1. The Bertz CT molecular complexity index is 3220. The maximum absolute atomic E-state index is 6.73. The summed E-state index contributed by atoms with van der Waals surface area (Å²) in [5, 5.41) is 6.31. The molecular formula is C52H48N6O. The number of aromatic nitrogens is 6. The molecular weight excluding hydrogens is 725 g/mol. The first-order chi connectivity index (χ1) is 28.6. The van der Waals surface area contributed by atoms with Gasteiger partial charge in [-0.3, -0.25) is 13.8 Å². The lowest BCUT2D eigenvalue weighted by Gasteiger charge is -2.21. The van der Waals surface area contributed by atoms with Gasteiger partial charge < -0.3 is 4.74 Å². The molecule has 0 saturated carbocycles. The van der Waals surface area contributed by atoms with Gasteiger partial charge in [-0.05, 0) is 111 Å². The number of hydrogen-bond acceptors (Lipinski definition) is 5. The summed E-state index contributed by atoms with van der Waals surface area (Å²) < 4.78 is 11.2. The number of hydrogen-bond donors (Lipinski definition) is 0. The third kappa shape index (κ3) is 5.85. The van der Waals surface area contributed by atoms with Gasteiger partial charge in [0.1, 0.15) is 28.4 Å². The fraction of sp³-hybridized carbons (Fsp3) is 0.231. The van der Waals surface area contributed by atoms with E-state index in [4.69, 9.17) is 19.7 Å². The predicted molar refractivity (Wildman–Crippen MR) is 243 cm³/mol. The van der Waals surface area contributed by atoms with Crippen molar-refractivity contribution in [3.8, 4) is 34.0 Å². The molecule has 0 saturated heterocycles. The van der Waals surface area contributed by atoms with Crippen molar-refractivity contribution in [2.45, 2.75) is 79.1 Å². The Hall–Kier alpha value is -6.60. The van der Waals surface area contributed by atoms with Crippen LogP contribution in [0.3, 0.4) is 0 Å². The van der Waals surface area contributed by atoms with E-state index in [2.05, 4.69) is 154 Å². The number of pyridine rings is 4. The highest BCUT2D eigenvalue weighted by atomic mass is 16.5. The minimum Gasteiger partial charge on any atom is -0.457 e. The van der Waals surface area contributed by atoms with Crippen molar-refractivity contribution < 1.29 is 4.74 Å². The van der Waals surface area contributed by atoms with Gasteiger partial charge in [0.25, 0.3) is 0 Å². The Morgan fingerprint density at radius 2 is 1.07 bits per heavy atom. The summed E-state index contributed by atoms with van der Waals surface area (Å²) in [6.07, 6.45) is 9.64. The van der Waals surface area contributed by atoms with Gasteiger partial charge >= 0.3 is 0 Å². The van der Waals surface area contributed by atoms with Crippen molar-refractivity contribution in [3.05, 3.63) is 144 Å². The van der Waals surface area contributed by atoms with E-state index >= 15 is 0 Å². The van der Waals surface area contributed by atoms with Crippen LogP contribution in [0.15, 0.2) is 122 Å². The van der Waals surface area contributed by atoms with E-state index in [0.29, 0.717) is 23.7 Å². The third-order valence-corrected chi connectivity index (χ3v) is 12.1. The molecule has 7 heteroatoms. The molecule has 10 aromatic rings. The summed E-state index contributed by atoms with van der Waals surface area (Å²) in [5.74, 6) is 2.78. The Morgan fingerprint density at radius 3 is 1.69 bits per heavy atom. The molecule has 0 fully saturated rings. The standard InChI is InChI=1S/C52H48N6O/c1-29(2)35-11-9-12-36(30(3)4)48(35)45-20-19-41-39-17-15-34(59-33-16-18-40-42(25-33)50-54-23-24-57(50)46-21-22-53-27-44(40)46)26-43(39)51-55-28-47(58(51)52(41)56-45)49-37(31(5)6)13-10-14-38(49)32(7)8/h9-32H,1-8H3. The highest BCUT2D eigenvalue weighted by Gasteiger charge is 2.24. The van der Waals surface area contributed by atoms with Crippen LogP contribution in [0.1, 0.15) is 101 Å². The van der Waals surface area contributed by atoms with Gasteiger partial charge in [-0.25, -0.2) is 15.0 Å². The molecule has 0 unspecified atom stereocenters. The molecule has 6 heterocycles. The molecule has 0 aliphatic carbocycles. The van der Waals surface area contributed by atoms with Crippen LogP contribution in [-0.2, 0) is 0 Å². The van der Waals surface area contributed by atoms with Gasteiger partial charge in [0, 0.05) is 57.5 Å². The largest absolute Gasteiger partial charge is 0.457 e. The number of ether oxygens (including phenoxy) is 1. The second-order valence-electron chi connectivity index (χ2n) is 17.1. The lowest BCUT2D eigenvalue weighted by molar-refractivity contribution is 0.484. The van der Waals surface area contributed by atoms with Crippen molar-refractivity contribution in [2.75, 3.05) is 0 Å². The quantitative estimate of drug-likeness (QED) is 0.144. The highest BCUT2D eigenvalue weighted by molar-refractivity contribution is 6.13. The Morgan fingerprint density at radius 1 is 0.492 bits per heavy atom. The first-order valence-corrected chi connectivity index (χ1v) is 20.9. The number of nitrogens with zero attached hydrogens (tertiary/aromatic N) is 6. The number of rotatable bonds is 8. The van der Waals surface area contributed by atoms with Crippen LogP contribution in [0.5, 0.6) is 11.5 Å². The molecule has 0 aliphatic rings. The lowest BCUT2D eigenvalue weighted by Crippen LogP contribution is -2.05. The van der Waals surface area contributed by atoms with Crippen LogP contribution in [-0.4, -0.2) is 28.7 Å². The van der Waals surface area contributed by atoms with Crippen LogP contribution < -0.4 is 4.74 Å². The first kappa shape index (κ1) is 36.7. The fourth-order valence-electron chi connectivity index (χ4n) is 9.25. The summed E-state index contributed by atoms with van der Waals surface area (Å²) in [6, 6.07) is 32.6. The van der Waals surface area contributed by atoms with Crippen molar-refractivity contribution in [1.82, 2.24) is 28.7 Å². The van der Waals surface area contributed by atoms with Gasteiger partial charge in [0.2, 0.25) is 0 Å². The maximum atomic E-state index is 6.73. The fourth-order valence-corrected chi connectivity index (χ4v) is 9.25. The molecule has 10 rings (SSSR count). The van der Waals surface area contributed by atoms with E-state index in [1.807, 2.05) is 36.9 Å². The number of imidazole rings is 2. The van der Waals surface area contributed by atoms with Crippen LogP contribution >= 0.6 is 0 Å². The molecule has 6 aromatic heterocycles. The van der Waals surface area contributed by atoms with Crippen molar-refractivity contribution in [1.29, 1.82) is 0 Å². The zero-order valence-corrected chi connectivity index (χ0v) is 34.9. The molecule has 0 radical (unpaired) electrons. The smallest absolute Gasteiger partial charge is 0.147 e. The predicted octanol–water partition coefficient (Wildman–Crippen LogP) is 14.0. The molecule has 0 bridgehead atoms. The first-order valence-electron chi connectivity index (χ1n) is 20.9. The lowest BCUT2D eigenvalue weighted by atomic mass is 9.86. The third-order valence-electron chi connectivity index (χ3n) is 12.1. The zero-order chi connectivity index (χ0) is 40.7. The molecule has 0 atom stereocenters. The maximum Gasteiger partial charge on any atom is 0.147 e. The zero-order valence-electron chi connectivity index (χ0n) is 34.9. The summed E-state index contributed by atoms with van der Waals surface area (Å²) in [6.45, 7) is 18.2. The minimum atomic E-state index is 0.315. The molecule has 7 nitrogen and oxygen atoms in total. The Labute approximate surface area is 344 Å². The van der Waals surface area contributed by atoms with Crippen LogP contribution in [0.2, 0.25) is 0 Å². The molecule has 292 valence electrons. The van der Waals surface area contributed by atoms with Crippen LogP contribution in [0, 0.1) is 0 Å². The Kier molecular flexibility index (Phi) is 8.74. The van der Waals surface area contributed by atoms with Gasteiger partial charge in [0.15, 0.2) is 0 Å². The van der Waals surface area contributed by atoms with Crippen LogP contribution in [0.25, 0.3) is 77.3 Å².